The number of rotatable bonds is 3. The molecular weight excluding hydrogens is 264 g/mol. The normalized spacial score (nSPS) is 10.2. The maximum atomic E-state index is 11.7. The topological polar surface area (TPSA) is 107 Å². The van der Waals surface area contributed by atoms with E-state index >= 15 is 0 Å². The second-order valence-electron chi connectivity index (χ2n) is 4.11. The van der Waals surface area contributed by atoms with Crippen molar-refractivity contribution >= 4 is 5.97 Å². The number of carbonyl (C=O) groups is 1. The average Bonchev–Trinajstić information content (AvgIpc) is 2.43. The highest BCUT2D eigenvalue weighted by molar-refractivity contribution is 5.91. The maximum Gasteiger partial charge on any atom is 0.338 e. The molecule has 0 saturated heterocycles. The van der Waals surface area contributed by atoms with Crippen molar-refractivity contribution in [2.75, 3.05) is 0 Å². The lowest BCUT2D eigenvalue weighted by Gasteiger charge is -2.07. The summed E-state index contributed by atoms with van der Waals surface area (Å²) < 4.78 is 4.98. The van der Waals surface area contributed by atoms with E-state index in [0.717, 1.165) is 12.1 Å². The van der Waals surface area contributed by atoms with Crippen molar-refractivity contribution in [3.8, 4) is 23.0 Å². The molecule has 4 N–H and O–H groups in total. The highest BCUT2D eigenvalue weighted by atomic mass is 16.5. The number of hydrogen-bond donors (Lipinski definition) is 4. The zero-order valence-electron chi connectivity index (χ0n) is 10.3. The summed E-state index contributed by atoms with van der Waals surface area (Å²) in [5.74, 6) is -2.57. The first-order chi connectivity index (χ1) is 9.47. The van der Waals surface area contributed by atoms with Gasteiger partial charge < -0.3 is 25.2 Å². The van der Waals surface area contributed by atoms with Crippen molar-refractivity contribution in [1.82, 2.24) is 0 Å². The third kappa shape index (κ3) is 2.92. The molecule has 0 heterocycles. The fourth-order valence-electron chi connectivity index (χ4n) is 1.55. The van der Waals surface area contributed by atoms with E-state index in [1.54, 1.807) is 12.1 Å². The van der Waals surface area contributed by atoms with Gasteiger partial charge in [0.1, 0.15) is 12.4 Å². The van der Waals surface area contributed by atoms with Gasteiger partial charge in [0.2, 0.25) is 0 Å². The van der Waals surface area contributed by atoms with Gasteiger partial charge in [0, 0.05) is 0 Å². The van der Waals surface area contributed by atoms with Crippen molar-refractivity contribution in [2.24, 2.45) is 0 Å². The van der Waals surface area contributed by atoms with E-state index in [1.165, 1.54) is 12.1 Å². The minimum Gasteiger partial charge on any atom is -0.508 e. The van der Waals surface area contributed by atoms with E-state index in [-0.39, 0.29) is 17.9 Å². The summed E-state index contributed by atoms with van der Waals surface area (Å²) in [5.41, 5.74) is 0.583. The monoisotopic (exact) mass is 276 g/mol. The van der Waals surface area contributed by atoms with Crippen molar-refractivity contribution in [1.29, 1.82) is 0 Å². The van der Waals surface area contributed by atoms with Gasteiger partial charge in [0.25, 0.3) is 0 Å². The quantitative estimate of drug-likeness (QED) is 0.503. The molecule has 2 aromatic rings. The molecule has 2 rings (SSSR count). The van der Waals surface area contributed by atoms with Gasteiger partial charge in [-0.25, -0.2) is 4.79 Å². The second kappa shape index (κ2) is 5.40. The summed E-state index contributed by atoms with van der Waals surface area (Å²) in [4.78, 5) is 11.7. The summed E-state index contributed by atoms with van der Waals surface area (Å²) in [7, 11) is 0. The van der Waals surface area contributed by atoms with Gasteiger partial charge >= 0.3 is 5.97 Å². The van der Waals surface area contributed by atoms with Crippen LogP contribution in [0.5, 0.6) is 23.0 Å². The number of benzene rings is 2. The highest BCUT2D eigenvalue weighted by Crippen LogP contribution is 2.35. The van der Waals surface area contributed by atoms with E-state index in [0.29, 0.717) is 5.56 Å². The summed E-state index contributed by atoms with van der Waals surface area (Å²) in [5, 5.41) is 36.9. The lowest BCUT2D eigenvalue weighted by atomic mass is 10.2. The molecule has 20 heavy (non-hydrogen) atoms. The van der Waals surface area contributed by atoms with E-state index < -0.39 is 23.2 Å². The molecule has 2 aromatic carbocycles. The van der Waals surface area contributed by atoms with Crippen molar-refractivity contribution in [3.63, 3.8) is 0 Å². The molecule has 0 aliphatic carbocycles. The molecule has 0 spiro atoms. The lowest BCUT2D eigenvalue weighted by Crippen LogP contribution is -2.05. The molecular formula is C14H12O6. The zero-order valence-corrected chi connectivity index (χ0v) is 10.3. The Bertz CT molecular complexity index is 610. The minimum absolute atomic E-state index is 0.0263. The van der Waals surface area contributed by atoms with Crippen LogP contribution in [0.3, 0.4) is 0 Å². The molecule has 0 unspecified atom stereocenters. The fourth-order valence-corrected chi connectivity index (χ4v) is 1.55. The summed E-state index contributed by atoms with van der Waals surface area (Å²) in [6.07, 6.45) is 0. The van der Waals surface area contributed by atoms with Crippen LogP contribution >= 0.6 is 0 Å². The molecule has 0 bridgehead atoms. The predicted molar refractivity (Wildman–Crippen MR) is 68.7 cm³/mol. The Labute approximate surface area is 114 Å². The van der Waals surface area contributed by atoms with Crippen LogP contribution in [0.1, 0.15) is 15.9 Å². The molecule has 0 amide bonds. The third-order valence-electron chi connectivity index (χ3n) is 2.61. The molecule has 0 aromatic heterocycles. The first-order valence-corrected chi connectivity index (χ1v) is 5.67. The second-order valence-corrected chi connectivity index (χ2v) is 4.11. The van der Waals surface area contributed by atoms with E-state index in [1.807, 2.05) is 0 Å². The maximum absolute atomic E-state index is 11.7. The minimum atomic E-state index is -0.760. The van der Waals surface area contributed by atoms with Gasteiger partial charge in [-0.3, -0.25) is 0 Å². The molecule has 104 valence electrons. The fraction of sp³-hybridized carbons (Fsp3) is 0.0714. The van der Waals surface area contributed by atoms with E-state index in [4.69, 9.17) is 9.84 Å². The Morgan fingerprint density at radius 2 is 1.50 bits per heavy atom. The predicted octanol–water partition coefficient (Wildman–Crippen LogP) is 1.87. The third-order valence-corrected chi connectivity index (χ3v) is 2.61. The van der Waals surface area contributed by atoms with Crippen LogP contribution in [0, 0.1) is 0 Å². The van der Waals surface area contributed by atoms with Gasteiger partial charge in [-0.15, -0.1) is 0 Å². The standard InChI is InChI=1S/C14H12O6/c15-10-3-1-8(2-4-10)7-20-14(19)9-5-11(16)13(18)12(17)6-9/h1-6,15-18H,7H2. The molecule has 0 aliphatic heterocycles. The molecule has 6 nitrogen and oxygen atoms in total. The highest BCUT2D eigenvalue weighted by Gasteiger charge is 2.14. The smallest absolute Gasteiger partial charge is 0.338 e. The molecule has 6 heteroatoms. The van der Waals surface area contributed by atoms with E-state index in [2.05, 4.69) is 0 Å². The Morgan fingerprint density at radius 1 is 0.950 bits per heavy atom. The largest absolute Gasteiger partial charge is 0.508 e. The Kier molecular flexibility index (Phi) is 3.65. The number of hydrogen-bond acceptors (Lipinski definition) is 6. The van der Waals surface area contributed by atoms with Crippen LogP contribution in [0.2, 0.25) is 0 Å². The van der Waals surface area contributed by atoms with Crippen LogP contribution in [-0.4, -0.2) is 26.4 Å². The van der Waals surface area contributed by atoms with Crippen LogP contribution in [-0.2, 0) is 11.3 Å². The first-order valence-electron chi connectivity index (χ1n) is 5.67. The van der Waals surface area contributed by atoms with Crippen LogP contribution < -0.4 is 0 Å². The van der Waals surface area contributed by atoms with Gasteiger partial charge in [-0.05, 0) is 29.8 Å². The molecule has 0 saturated carbocycles. The van der Waals surface area contributed by atoms with Gasteiger partial charge in [0.05, 0.1) is 5.56 Å². The van der Waals surface area contributed by atoms with Gasteiger partial charge in [-0.1, -0.05) is 12.1 Å². The van der Waals surface area contributed by atoms with Crippen LogP contribution in [0.25, 0.3) is 0 Å². The molecule has 0 atom stereocenters. The van der Waals surface area contributed by atoms with Crippen LogP contribution in [0.15, 0.2) is 36.4 Å². The average molecular weight is 276 g/mol. The van der Waals surface area contributed by atoms with Gasteiger partial charge in [-0.2, -0.15) is 0 Å². The number of phenolic OH excluding ortho intramolecular Hbond substituents is 4. The molecule has 0 radical (unpaired) electrons. The van der Waals surface area contributed by atoms with Crippen molar-refractivity contribution in [2.45, 2.75) is 6.61 Å². The molecule has 0 fully saturated rings. The van der Waals surface area contributed by atoms with Crippen molar-refractivity contribution < 1.29 is 30.0 Å². The first kappa shape index (κ1) is 13.5. The number of ether oxygens (including phenoxy) is 1. The van der Waals surface area contributed by atoms with Crippen LogP contribution in [0.4, 0.5) is 0 Å². The number of phenols is 4. The number of aromatic hydroxyl groups is 4. The zero-order chi connectivity index (χ0) is 14.7. The Morgan fingerprint density at radius 3 is 2.05 bits per heavy atom. The van der Waals surface area contributed by atoms with Gasteiger partial charge in [0.15, 0.2) is 17.2 Å². The summed E-state index contributed by atoms with van der Waals surface area (Å²) >= 11 is 0. The summed E-state index contributed by atoms with van der Waals surface area (Å²) in [6, 6.07) is 8.09. The Hall–Kier alpha value is -2.89. The van der Waals surface area contributed by atoms with Crippen molar-refractivity contribution in [3.05, 3.63) is 47.5 Å². The molecule has 0 aliphatic rings. The number of carbonyl (C=O) groups excluding carboxylic acids is 1. The SMILES string of the molecule is O=C(OCc1ccc(O)cc1)c1cc(O)c(O)c(O)c1. The Balaban J connectivity index is 2.07. The number of esters is 1. The summed E-state index contributed by atoms with van der Waals surface area (Å²) in [6.45, 7) is -0.0263. The van der Waals surface area contributed by atoms with E-state index in [9.17, 15) is 20.1 Å². The lowest BCUT2D eigenvalue weighted by molar-refractivity contribution is 0.0471.